The van der Waals surface area contributed by atoms with Gasteiger partial charge in [-0.1, -0.05) is 125 Å². The molecule has 0 amide bonds. The van der Waals surface area contributed by atoms with Crippen LogP contribution in [0, 0.1) is 0 Å². The van der Waals surface area contributed by atoms with Gasteiger partial charge in [0.05, 0.1) is 0 Å². The summed E-state index contributed by atoms with van der Waals surface area (Å²) in [5.74, 6) is 0. The third kappa shape index (κ3) is 5.52. The molecule has 0 unspecified atom stereocenters. The van der Waals surface area contributed by atoms with Crippen LogP contribution in [0.15, 0.2) is 0 Å². The lowest BCUT2D eigenvalue weighted by molar-refractivity contribution is 0.297. The van der Waals surface area contributed by atoms with Gasteiger partial charge in [0.1, 0.15) is 0 Å². The Bertz CT molecular complexity index is 599. The summed E-state index contributed by atoms with van der Waals surface area (Å²) in [6.45, 7) is 38.1. The lowest BCUT2D eigenvalue weighted by Crippen LogP contribution is -2.65. The van der Waals surface area contributed by atoms with Crippen LogP contribution in [0.4, 0.5) is 0 Å². The van der Waals surface area contributed by atoms with Gasteiger partial charge in [0.2, 0.25) is 16.6 Å². The summed E-state index contributed by atoms with van der Waals surface area (Å²) < 4.78 is 40.9. The molecule has 0 aromatic carbocycles. The lowest BCUT2D eigenvalue weighted by atomic mass is 10.2. The van der Waals surface area contributed by atoms with Crippen molar-refractivity contribution < 1.29 is 16.2 Å². The second-order valence-electron chi connectivity index (χ2n) is 15.4. The van der Waals surface area contributed by atoms with Gasteiger partial charge in [0, 0.05) is 0 Å². The molecule has 0 aromatic rings. The van der Waals surface area contributed by atoms with Crippen LogP contribution in [0.3, 0.4) is 0 Å². The van der Waals surface area contributed by atoms with E-state index in [-0.39, 0.29) is 30.2 Å². The summed E-state index contributed by atoms with van der Waals surface area (Å²) in [7, 11) is -10.3. The minimum Gasteiger partial charge on any atom is -0.293 e. The normalized spacial score (nSPS) is 16.6. The zero-order chi connectivity index (χ0) is 25.9. The molecule has 0 heterocycles. The van der Waals surface area contributed by atoms with Crippen molar-refractivity contribution in [2.24, 2.45) is 0 Å². The third-order valence-electron chi connectivity index (χ3n) is 6.79. The highest BCUT2D eigenvalue weighted by Gasteiger charge is 2.68. The largest absolute Gasteiger partial charge is 0.380 e. The second-order valence-corrected chi connectivity index (χ2v) is 29.3. The second kappa shape index (κ2) is 8.21. The molecule has 7 heteroatoms. The summed E-state index contributed by atoms with van der Waals surface area (Å²) in [5, 5.41) is -1.94. The maximum atomic E-state index is 14.0. The Morgan fingerprint density at radius 3 is 0.613 bits per heavy atom. The van der Waals surface area contributed by atoms with E-state index in [4.69, 9.17) is 7.74 Å². The Labute approximate surface area is 197 Å². The molecular weight excluding hydrogens is 440 g/mol. The Morgan fingerprint density at radius 2 is 0.516 bits per heavy atom. The van der Waals surface area contributed by atoms with Crippen molar-refractivity contribution in [3.05, 3.63) is 0 Å². The van der Waals surface area contributed by atoms with Crippen molar-refractivity contribution in [3.8, 4) is 0 Å². The summed E-state index contributed by atoms with van der Waals surface area (Å²) in [6, 6.07) is 0. The molecule has 0 aliphatic heterocycles. The summed E-state index contributed by atoms with van der Waals surface area (Å²) in [6.07, 6.45) is 0. The maximum Gasteiger partial charge on any atom is 0.380 e. The van der Waals surface area contributed by atoms with E-state index in [0.29, 0.717) is 0 Å². The van der Waals surface area contributed by atoms with Crippen molar-refractivity contribution in [3.63, 3.8) is 0 Å². The monoisotopic (exact) mass is 494 g/mol. The van der Waals surface area contributed by atoms with Crippen LogP contribution in [0.5, 0.6) is 0 Å². The standard InChI is InChI=1S/C24H54O4SSi2/c1-19(2,3)30(20(4,5)6,21(7,8)9)27-29(25,26)28-31(22(10,11)12,23(13,14)15)24(16,17)18/h1-18H3. The molecule has 188 valence electrons. The lowest BCUT2D eigenvalue weighted by Gasteiger charge is -2.59. The summed E-state index contributed by atoms with van der Waals surface area (Å²) in [5.41, 5.74) is 0. The number of hydrogen-bond acceptors (Lipinski definition) is 4. The zero-order valence-corrected chi connectivity index (χ0v) is 26.9. The van der Waals surface area contributed by atoms with Gasteiger partial charge in [-0.05, 0) is 30.2 Å². The van der Waals surface area contributed by atoms with Gasteiger partial charge in [-0.3, -0.25) is 7.74 Å². The topological polar surface area (TPSA) is 52.6 Å². The predicted molar refractivity (Wildman–Crippen MR) is 141 cm³/mol. The molecule has 0 N–H and O–H groups in total. The molecule has 0 saturated carbocycles. The average molecular weight is 495 g/mol. The first-order chi connectivity index (χ1) is 12.9. The van der Waals surface area contributed by atoms with E-state index in [1.807, 2.05) is 0 Å². The molecule has 0 fully saturated rings. The molecule has 0 aromatic heterocycles. The molecule has 0 saturated heterocycles. The molecule has 0 aliphatic carbocycles. The quantitative estimate of drug-likeness (QED) is 0.366. The molecule has 0 radical (unpaired) electrons. The van der Waals surface area contributed by atoms with Crippen LogP contribution in [-0.4, -0.2) is 25.1 Å². The first-order valence-corrected chi connectivity index (χ1v) is 16.7. The molecule has 0 aliphatic rings. The highest BCUT2D eigenvalue weighted by atomic mass is 32.3. The van der Waals surface area contributed by atoms with Gasteiger partial charge in [0.25, 0.3) is 0 Å². The van der Waals surface area contributed by atoms with Crippen LogP contribution in [0.1, 0.15) is 125 Å². The Hall–Kier alpha value is 0.304. The Morgan fingerprint density at radius 1 is 0.387 bits per heavy atom. The maximum absolute atomic E-state index is 14.0. The molecule has 0 spiro atoms. The molecule has 4 nitrogen and oxygen atoms in total. The summed E-state index contributed by atoms with van der Waals surface area (Å²) >= 11 is 0. The first-order valence-electron chi connectivity index (χ1n) is 11.6. The molecule has 0 atom stereocenters. The van der Waals surface area contributed by atoms with Gasteiger partial charge in [-0.2, -0.15) is 8.42 Å². The average Bonchev–Trinajstić information content (AvgIpc) is 2.33. The Balaban J connectivity index is 7.13. The molecular formula is C24H54O4SSi2. The van der Waals surface area contributed by atoms with Crippen molar-refractivity contribution in [1.29, 1.82) is 0 Å². The minimum absolute atomic E-state index is 0.324. The first kappa shape index (κ1) is 31.3. The van der Waals surface area contributed by atoms with E-state index in [2.05, 4.69) is 125 Å². The fourth-order valence-electron chi connectivity index (χ4n) is 7.82. The fourth-order valence-corrected chi connectivity index (χ4v) is 30.2. The zero-order valence-electron chi connectivity index (χ0n) is 24.0. The fraction of sp³-hybridized carbons (Fsp3) is 1.00. The van der Waals surface area contributed by atoms with E-state index in [9.17, 15) is 8.42 Å². The van der Waals surface area contributed by atoms with Crippen LogP contribution >= 0.6 is 0 Å². The van der Waals surface area contributed by atoms with Crippen LogP contribution in [0.2, 0.25) is 30.2 Å². The van der Waals surface area contributed by atoms with E-state index < -0.39 is 27.0 Å². The van der Waals surface area contributed by atoms with Gasteiger partial charge in [-0.25, -0.2) is 0 Å². The molecule has 31 heavy (non-hydrogen) atoms. The molecule has 0 bridgehead atoms. The van der Waals surface area contributed by atoms with Crippen molar-refractivity contribution >= 4 is 27.0 Å². The van der Waals surface area contributed by atoms with E-state index >= 15 is 0 Å². The van der Waals surface area contributed by atoms with Gasteiger partial charge >= 0.3 is 10.4 Å². The van der Waals surface area contributed by atoms with Gasteiger partial charge in [0.15, 0.2) is 0 Å². The number of rotatable bonds is 4. The van der Waals surface area contributed by atoms with Crippen LogP contribution in [0.25, 0.3) is 0 Å². The molecule has 0 rings (SSSR count). The summed E-state index contributed by atoms with van der Waals surface area (Å²) in [4.78, 5) is 0. The van der Waals surface area contributed by atoms with Crippen LogP contribution < -0.4 is 0 Å². The van der Waals surface area contributed by atoms with Gasteiger partial charge in [-0.15, -0.1) is 0 Å². The van der Waals surface area contributed by atoms with Gasteiger partial charge < -0.3 is 0 Å². The van der Waals surface area contributed by atoms with E-state index in [1.54, 1.807) is 0 Å². The SMILES string of the molecule is CC(C)(C)[Si](OS(=O)(=O)O[Si](C(C)(C)C)(C(C)(C)C)C(C)(C)C)(C(C)(C)C)C(C)(C)C. The predicted octanol–water partition coefficient (Wildman–Crippen LogP) is 8.96. The number of hydrogen-bond donors (Lipinski definition) is 0. The van der Waals surface area contributed by atoms with Crippen molar-refractivity contribution in [2.45, 2.75) is 155 Å². The van der Waals surface area contributed by atoms with E-state index in [0.717, 1.165) is 0 Å². The highest BCUT2D eigenvalue weighted by Crippen LogP contribution is 2.66. The van der Waals surface area contributed by atoms with E-state index in [1.165, 1.54) is 0 Å². The highest BCUT2D eigenvalue weighted by molar-refractivity contribution is 7.84. The van der Waals surface area contributed by atoms with Crippen molar-refractivity contribution in [1.82, 2.24) is 0 Å². The third-order valence-corrected chi connectivity index (χ3v) is 23.1. The Kier molecular flexibility index (Phi) is 8.29. The van der Waals surface area contributed by atoms with Crippen LogP contribution in [-0.2, 0) is 18.1 Å². The smallest absolute Gasteiger partial charge is 0.293 e. The minimum atomic E-state index is -4.27. The van der Waals surface area contributed by atoms with Crippen molar-refractivity contribution in [2.75, 3.05) is 0 Å².